The van der Waals surface area contributed by atoms with Gasteiger partial charge in [0.2, 0.25) is 0 Å². The fraction of sp³-hybridized carbons (Fsp3) is 0.897. The van der Waals surface area contributed by atoms with Gasteiger partial charge in [-0.2, -0.15) is 0 Å². The number of hydrogen-bond donors (Lipinski definition) is 0. The molecule has 0 N–H and O–H groups in total. The van der Waals surface area contributed by atoms with Crippen LogP contribution in [0, 0.1) is 58.2 Å². The number of rotatable bonds is 6. The zero-order valence-corrected chi connectivity index (χ0v) is 21.2. The Morgan fingerprint density at radius 1 is 0.935 bits per heavy atom. The first-order chi connectivity index (χ1) is 14.7. The Kier molecular flexibility index (Phi) is 6.68. The predicted molar refractivity (Wildman–Crippen MR) is 128 cm³/mol. The molecule has 0 aromatic heterocycles. The van der Waals surface area contributed by atoms with Gasteiger partial charge in [0, 0.05) is 6.92 Å². The molecule has 0 aromatic rings. The van der Waals surface area contributed by atoms with Gasteiger partial charge in [-0.25, -0.2) is 0 Å². The summed E-state index contributed by atoms with van der Waals surface area (Å²) >= 11 is 0. The maximum absolute atomic E-state index is 11.4. The van der Waals surface area contributed by atoms with Crippen LogP contribution in [0.1, 0.15) is 99.3 Å². The second-order valence-electron chi connectivity index (χ2n) is 12.8. The molecule has 2 heteroatoms. The number of ether oxygens (including phenoxy) is 1. The Morgan fingerprint density at radius 2 is 1.61 bits per heavy atom. The fourth-order valence-electron chi connectivity index (χ4n) is 9.36. The second-order valence-corrected chi connectivity index (χ2v) is 12.8. The normalized spacial score (nSPS) is 45.4. The summed E-state index contributed by atoms with van der Waals surface area (Å²) in [5.74, 6) is 6.38. The minimum atomic E-state index is -0.107. The Morgan fingerprint density at radius 3 is 2.32 bits per heavy atom. The van der Waals surface area contributed by atoms with E-state index in [0.717, 1.165) is 41.4 Å². The molecule has 0 bridgehead atoms. The van der Waals surface area contributed by atoms with Crippen molar-refractivity contribution in [1.82, 2.24) is 0 Å². The molecule has 0 spiro atoms. The van der Waals surface area contributed by atoms with Crippen LogP contribution >= 0.6 is 0 Å². The molecule has 0 saturated heterocycles. The third-order valence-electron chi connectivity index (χ3n) is 10.8. The zero-order chi connectivity index (χ0) is 22.4. The van der Waals surface area contributed by atoms with Crippen LogP contribution in [-0.4, -0.2) is 12.6 Å². The van der Waals surface area contributed by atoms with Crippen LogP contribution in [0.2, 0.25) is 0 Å². The highest BCUT2D eigenvalue weighted by molar-refractivity contribution is 5.65. The van der Waals surface area contributed by atoms with Gasteiger partial charge in [0.25, 0.3) is 0 Å². The first-order valence-electron chi connectivity index (χ1n) is 13.5. The summed E-state index contributed by atoms with van der Waals surface area (Å²) in [6.45, 7) is 14.6. The van der Waals surface area contributed by atoms with Crippen molar-refractivity contribution in [2.75, 3.05) is 6.61 Å². The third kappa shape index (κ3) is 4.15. The predicted octanol–water partition coefficient (Wildman–Crippen LogP) is 7.67. The summed E-state index contributed by atoms with van der Waals surface area (Å²) < 4.78 is 5.48. The van der Waals surface area contributed by atoms with E-state index in [9.17, 15) is 4.79 Å². The molecule has 0 amide bonds. The maximum atomic E-state index is 11.4. The van der Waals surface area contributed by atoms with E-state index in [2.05, 4.69) is 46.8 Å². The van der Waals surface area contributed by atoms with E-state index in [0.29, 0.717) is 23.4 Å². The Hall–Kier alpha value is -0.790. The second kappa shape index (κ2) is 8.86. The Balaban J connectivity index is 1.46. The molecule has 4 aliphatic rings. The molecule has 0 aromatic carbocycles. The van der Waals surface area contributed by atoms with E-state index in [-0.39, 0.29) is 5.97 Å². The van der Waals surface area contributed by atoms with Crippen LogP contribution in [0.3, 0.4) is 0 Å². The largest absolute Gasteiger partial charge is 0.466 e. The number of carbonyl (C=O) groups is 1. The molecule has 2 nitrogen and oxygen atoms in total. The first kappa shape index (κ1) is 23.4. The average Bonchev–Trinajstić information content (AvgIpc) is 3.22. The van der Waals surface area contributed by atoms with Crippen LogP contribution in [-0.2, 0) is 9.53 Å². The topological polar surface area (TPSA) is 26.3 Å². The standard InChI is InChI=1S/C29H48O2/c1-19(2)8-7-9-20(3)24-12-13-26-23-10-11-25-22(18-31-21(4)30)14-16-29(25,6)27(23)15-17-28(24,26)5/h7,9,19-20,22-27H,8,10-18H2,1-6H3/b9-7+/t20-,22-,23+,24-,25+,26?,27?,28-,29+/m1/s1. The summed E-state index contributed by atoms with van der Waals surface area (Å²) in [4.78, 5) is 11.4. The van der Waals surface area contributed by atoms with Crippen molar-refractivity contribution in [3.63, 3.8) is 0 Å². The molecule has 176 valence electrons. The minimum absolute atomic E-state index is 0.107. The number of esters is 1. The summed E-state index contributed by atoms with van der Waals surface area (Å²) in [6.07, 6.45) is 17.4. The summed E-state index contributed by atoms with van der Waals surface area (Å²) in [5, 5.41) is 0. The monoisotopic (exact) mass is 428 g/mol. The van der Waals surface area contributed by atoms with Gasteiger partial charge in [0.15, 0.2) is 0 Å². The number of fused-ring (bicyclic) bond motifs is 5. The first-order valence-corrected chi connectivity index (χ1v) is 13.5. The summed E-state index contributed by atoms with van der Waals surface area (Å²) in [5.41, 5.74) is 1.03. The van der Waals surface area contributed by atoms with E-state index in [1.807, 2.05) is 0 Å². The van der Waals surface area contributed by atoms with Gasteiger partial charge in [0.1, 0.15) is 0 Å². The van der Waals surface area contributed by atoms with Gasteiger partial charge in [-0.15, -0.1) is 0 Å². The quantitative estimate of drug-likeness (QED) is 0.320. The van der Waals surface area contributed by atoms with Crippen molar-refractivity contribution < 1.29 is 9.53 Å². The van der Waals surface area contributed by atoms with Gasteiger partial charge >= 0.3 is 5.97 Å². The van der Waals surface area contributed by atoms with Crippen molar-refractivity contribution in [2.45, 2.75) is 99.3 Å². The minimum Gasteiger partial charge on any atom is -0.466 e. The zero-order valence-electron chi connectivity index (χ0n) is 21.2. The van der Waals surface area contributed by atoms with Gasteiger partial charge < -0.3 is 4.74 Å². The summed E-state index contributed by atoms with van der Waals surface area (Å²) in [6, 6.07) is 0. The SMILES string of the molecule is CC(=O)OC[C@H]1CC[C@]2(C)C3CC[C@@]4(C)C(CC[C@@H]4[C@H](C)/C=C/CC(C)C)[C@@H]3CC[C@@H]12. The Bertz CT molecular complexity index is 680. The molecular formula is C29H48O2. The van der Waals surface area contributed by atoms with E-state index >= 15 is 0 Å². The fourth-order valence-corrected chi connectivity index (χ4v) is 9.36. The molecule has 9 atom stereocenters. The van der Waals surface area contributed by atoms with Gasteiger partial charge in [-0.1, -0.05) is 46.8 Å². The molecule has 4 aliphatic carbocycles. The van der Waals surface area contributed by atoms with Crippen molar-refractivity contribution in [2.24, 2.45) is 58.2 Å². The molecule has 2 unspecified atom stereocenters. The molecule has 31 heavy (non-hydrogen) atoms. The molecule has 4 fully saturated rings. The molecular weight excluding hydrogens is 380 g/mol. The summed E-state index contributed by atoms with van der Waals surface area (Å²) in [7, 11) is 0. The van der Waals surface area contributed by atoms with Crippen molar-refractivity contribution >= 4 is 5.97 Å². The van der Waals surface area contributed by atoms with Crippen LogP contribution in [0.15, 0.2) is 12.2 Å². The lowest BCUT2D eigenvalue weighted by Crippen LogP contribution is -2.51. The van der Waals surface area contributed by atoms with Crippen molar-refractivity contribution in [3.05, 3.63) is 12.2 Å². The van der Waals surface area contributed by atoms with Crippen LogP contribution in [0.25, 0.3) is 0 Å². The molecule has 0 heterocycles. The van der Waals surface area contributed by atoms with Gasteiger partial charge in [-0.3, -0.25) is 4.79 Å². The highest BCUT2D eigenvalue weighted by Crippen LogP contribution is 2.69. The lowest BCUT2D eigenvalue weighted by molar-refractivity contribution is -0.144. The smallest absolute Gasteiger partial charge is 0.302 e. The van der Waals surface area contributed by atoms with Crippen molar-refractivity contribution in [3.8, 4) is 0 Å². The van der Waals surface area contributed by atoms with Crippen LogP contribution in [0.5, 0.6) is 0 Å². The molecule has 4 saturated carbocycles. The maximum Gasteiger partial charge on any atom is 0.302 e. The van der Waals surface area contributed by atoms with E-state index in [1.54, 1.807) is 6.92 Å². The highest BCUT2D eigenvalue weighted by Gasteiger charge is 2.62. The van der Waals surface area contributed by atoms with Gasteiger partial charge in [0.05, 0.1) is 6.61 Å². The number of carbonyl (C=O) groups excluding carboxylic acids is 1. The van der Waals surface area contributed by atoms with E-state index in [4.69, 9.17) is 4.74 Å². The lowest BCUT2D eigenvalue weighted by atomic mass is 9.47. The highest BCUT2D eigenvalue weighted by atomic mass is 16.5. The van der Waals surface area contributed by atoms with Gasteiger partial charge in [-0.05, 0) is 116 Å². The van der Waals surface area contributed by atoms with E-state index < -0.39 is 0 Å². The van der Waals surface area contributed by atoms with Crippen molar-refractivity contribution in [1.29, 1.82) is 0 Å². The van der Waals surface area contributed by atoms with Crippen LogP contribution < -0.4 is 0 Å². The number of hydrogen-bond acceptors (Lipinski definition) is 2. The van der Waals surface area contributed by atoms with E-state index in [1.165, 1.54) is 57.8 Å². The average molecular weight is 429 g/mol. The lowest BCUT2D eigenvalue weighted by Gasteiger charge is -2.58. The number of allylic oxidation sites excluding steroid dienone is 2. The third-order valence-corrected chi connectivity index (χ3v) is 10.8. The molecule has 4 rings (SSSR count). The van der Waals surface area contributed by atoms with Crippen LogP contribution in [0.4, 0.5) is 0 Å². The molecule has 0 aliphatic heterocycles. The Labute approximate surface area is 192 Å². The molecule has 0 radical (unpaired) electrons.